The van der Waals surface area contributed by atoms with E-state index in [1.165, 1.54) is 218 Å². The number of nitrogens with one attached hydrogen (secondary N) is 1. The molecule has 0 fully saturated rings. The number of amides is 1. The highest BCUT2D eigenvalue weighted by Crippen LogP contribution is 2.43. The minimum absolute atomic E-state index is 0.0771. The summed E-state index contributed by atoms with van der Waals surface area (Å²) in [5.74, 6) is -0.141. The molecule has 0 spiro atoms. The van der Waals surface area contributed by atoms with E-state index in [1.54, 1.807) is 0 Å². The maximum Gasteiger partial charge on any atom is 0.472 e. The number of carbonyl (C=O) groups excluding carboxylic acids is 1. The van der Waals surface area contributed by atoms with Gasteiger partial charge in [0.2, 0.25) is 5.91 Å². The van der Waals surface area contributed by atoms with Crippen molar-refractivity contribution in [3.63, 3.8) is 0 Å². The molecule has 8 nitrogen and oxygen atoms in total. The topological polar surface area (TPSA) is 105 Å². The van der Waals surface area contributed by atoms with Crippen LogP contribution < -0.4 is 5.32 Å². The van der Waals surface area contributed by atoms with Gasteiger partial charge >= 0.3 is 7.82 Å². The molecule has 0 bridgehead atoms. The second kappa shape index (κ2) is 47.3. The minimum Gasteiger partial charge on any atom is -0.391 e. The highest BCUT2D eigenvalue weighted by Gasteiger charge is 2.28. The number of hydrogen-bond donors (Lipinski definition) is 3. The van der Waals surface area contributed by atoms with Crippen molar-refractivity contribution < 1.29 is 32.9 Å². The number of likely N-dealkylation sites (N-methyl/N-ethyl adjacent to an activating group) is 1. The zero-order valence-electron chi connectivity index (χ0n) is 43.6. The maximum absolute atomic E-state index is 13.0. The molecule has 3 atom stereocenters. The Hall–Kier alpha value is -0.760. The zero-order chi connectivity index (χ0) is 47.1. The molecule has 382 valence electrons. The van der Waals surface area contributed by atoms with Crippen molar-refractivity contribution in [2.75, 3.05) is 40.9 Å². The summed E-state index contributed by atoms with van der Waals surface area (Å²) in [7, 11) is 1.63. The average Bonchev–Trinajstić information content (AvgIpc) is 3.25. The first kappa shape index (κ1) is 63.2. The van der Waals surface area contributed by atoms with Crippen LogP contribution in [0.15, 0.2) is 12.2 Å². The summed E-state index contributed by atoms with van der Waals surface area (Å²) in [6.07, 6.45) is 57.0. The molecule has 0 aliphatic rings. The van der Waals surface area contributed by atoms with Crippen molar-refractivity contribution in [2.24, 2.45) is 0 Å². The van der Waals surface area contributed by atoms with E-state index in [0.717, 1.165) is 38.5 Å². The van der Waals surface area contributed by atoms with Gasteiger partial charge in [-0.1, -0.05) is 251 Å². The first-order chi connectivity index (χ1) is 31.0. The summed E-state index contributed by atoms with van der Waals surface area (Å²) in [5, 5.41) is 14.0. The molecule has 0 aromatic heterocycles. The van der Waals surface area contributed by atoms with Gasteiger partial charge in [-0.15, -0.1) is 0 Å². The van der Waals surface area contributed by atoms with Gasteiger partial charge in [-0.3, -0.25) is 13.8 Å². The van der Waals surface area contributed by atoms with E-state index in [0.29, 0.717) is 23.9 Å². The van der Waals surface area contributed by atoms with Gasteiger partial charge < -0.3 is 19.8 Å². The first-order valence-electron chi connectivity index (χ1n) is 28.1. The molecule has 3 N–H and O–H groups in total. The molecule has 0 aromatic carbocycles. The number of aliphatic hydroxyl groups excluding tert-OH is 1. The highest BCUT2D eigenvalue weighted by atomic mass is 31.2. The molecule has 0 heterocycles. The monoisotopic (exact) mass is 928 g/mol. The summed E-state index contributed by atoms with van der Waals surface area (Å²) in [5.41, 5.74) is 0. The van der Waals surface area contributed by atoms with Crippen LogP contribution in [-0.2, 0) is 18.4 Å². The number of quaternary nitrogens is 1. The van der Waals surface area contributed by atoms with E-state index in [1.807, 2.05) is 21.1 Å². The fourth-order valence-corrected chi connectivity index (χ4v) is 9.31. The number of aliphatic hydroxyl groups is 1. The molecule has 64 heavy (non-hydrogen) atoms. The fraction of sp³-hybridized carbons (Fsp3) is 0.945. The van der Waals surface area contributed by atoms with Crippen LogP contribution in [-0.4, -0.2) is 73.4 Å². The lowest BCUT2D eigenvalue weighted by Crippen LogP contribution is -2.46. The molecule has 0 aliphatic heterocycles. The number of phosphoric ester groups is 1. The highest BCUT2D eigenvalue weighted by molar-refractivity contribution is 7.47. The molecule has 0 aliphatic carbocycles. The van der Waals surface area contributed by atoms with E-state index >= 15 is 0 Å². The van der Waals surface area contributed by atoms with Crippen LogP contribution in [0.1, 0.15) is 284 Å². The van der Waals surface area contributed by atoms with Crippen molar-refractivity contribution >= 4 is 13.7 Å². The van der Waals surface area contributed by atoms with Crippen molar-refractivity contribution in [3.05, 3.63) is 12.2 Å². The fourth-order valence-electron chi connectivity index (χ4n) is 8.57. The Labute approximate surface area is 399 Å². The van der Waals surface area contributed by atoms with Crippen LogP contribution in [0, 0.1) is 0 Å². The van der Waals surface area contributed by atoms with E-state index in [2.05, 4.69) is 31.3 Å². The second-order valence-corrected chi connectivity index (χ2v) is 22.1. The van der Waals surface area contributed by atoms with Crippen LogP contribution in [0.4, 0.5) is 0 Å². The third kappa shape index (κ3) is 49.2. The van der Waals surface area contributed by atoms with Gasteiger partial charge in [0, 0.05) is 6.42 Å². The average molecular weight is 928 g/mol. The Morgan fingerprint density at radius 1 is 0.516 bits per heavy atom. The third-order valence-electron chi connectivity index (χ3n) is 13.0. The maximum atomic E-state index is 13.0. The summed E-state index contributed by atoms with van der Waals surface area (Å²) < 4.78 is 23.7. The Balaban J connectivity index is 4.07. The quantitative estimate of drug-likeness (QED) is 0.0243. The van der Waals surface area contributed by atoms with Crippen LogP contribution in [0.25, 0.3) is 0 Å². The van der Waals surface area contributed by atoms with Gasteiger partial charge in [0.1, 0.15) is 13.2 Å². The van der Waals surface area contributed by atoms with Crippen molar-refractivity contribution in [2.45, 2.75) is 296 Å². The standard InChI is InChI=1S/C55H111N2O6P/c1-6-8-10-12-14-16-18-20-22-23-24-25-26-27-28-29-30-31-32-33-34-35-37-39-41-43-45-47-49-55(59)56-53(52-63-64(60,61)62-51-50-57(3,4)5)54(58)48-46-44-42-40-38-36-21-19-17-15-13-11-9-7-2/h27-28,53-54,58H,6-26,29-52H2,1-5H3,(H-,56,59,60,61)/p+1/b28-27-. The minimum atomic E-state index is -4.32. The van der Waals surface area contributed by atoms with Crippen LogP contribution in [0.3, 0.4) is 0 Å². The zero-order valence-corrected chi connectivity index (χ0v) is 44.4. The van der Waals surface area contributed by atoms with E-state index in [-0.39, 0.29) is 19.1 Å². The number of unbranched alkanes of at least 4 members (excludes halogenated alkanes) is 37. The molecule has 9 heteroatoms. The number of carbonyl (C=O) groups is 1. The van der Waals surface area contributed by atoms with Gasteiger partial charge in [-0.05, 0) is 38.5 Å². The van der Waals surface area contributed by atoms with Crippen molar-refractivity contribution in [1.82, 2.24) is 5.32 Å². The summed E-state index contributed by atoms with van der Waals surface area (Å²) in [4.78, 5) is 23.3. The number of nitrogens with zero attached hydrogens (tertiary/aromatic N) is 1. The molecular formula is C55H112N2O6P+. The SMILES string of the molecule is CCCCCCCCCCCCCC/C=C\CCCCCCCCCCCCCCC(=O)NC(COP(=O)(O)OCC[N+](C)(C)C)C(O)CCCCCCCCCCCCCCCC. The lowest BCUT2D eigenvalue weighted by molar-refractivity contribution is -0.870. The Kier molecular flexibility index (Phi) is 46.8. The molecule has 0 aromatic rings. The lowest BCUT2D eigenvalue weighted by Gasteiger charge is -2.26. The summed E-state index contributed by atoms with van der Waals surface area (Å²) in [6.45, 7) is 4.92. The molecule has 0 radical (unpaired) electrons. The van der Waals surface area contributed by atoms with E-state index in [9.17, 15) is 19.4 Å². The number of allylic oxidation sites excluding steroid dienone is 2. The molecule has 0 saturated heterocycles. The smallest absolute Gasteiger partial charge is 0.391 e. The van der Waals surface area contributed by atoms with Gasteiger partial charge in [0.15, 0.2) is 0 Å². The largest absolute Gasteiger partial charge is 0.472 e. The van der Waals surface area contributed by atoms with Gasteiger partial charge in [-0.2, -0.15) is 0 Å². The summed E-state index contributed by atoms with van der Waals surface area (Å²) in [6, 6.07) is -0.757. The second-order valence-electron chi connectivity index (χ2n) is 20.7. The predicted octanol–water partition coefficient (Wildman–Crippen LogP) is 16.7. The van der Waals surface area contributed by atoms with E-state index in [4.69, 9.17) is 9.05 Å². The molecule has 0 rings (SSSR count). The summed E-state index contributed by atoms with van der Waals surface area (Å²) >= 11 is 0. The molecule has 3 unspecified atom stereocenters. The predicted molar refractivity (Wildman–Crippen MR) is 277 cm³/mol. The van der Waals surface area contributed by atoms with Crippen LogP contribution in [0.2, 0.25) is 0 Å². The van der Waals surface area contributed by atoms with Gasteiger partial charge in [-0.25, -0.2) is 4.57 Å². The normalized spacial score (nSPS) is 14.0. The van der Waals surface area contributed by atoms with Gasteiger partial charge in [0.25, 0.3) is 0 Å². The lowest BCUT2D eigenvalue weighted by atomic mass is 10.0. The number of rotatable bonds is 52. The van der Waals surface area contributed by atoms with Crippen molar-refractivity contribution in [3.8, 4) is 0 Å². The number of phosphoric acid groups is 1. The Morgan fingerprint density at radius 2 is 0.844 bits per heavy atom. The van der Waals surface area contributed by atoms with Crippen molar-refractivity contribution in [1.29, 1.82) is 0 Å². The third-order valence-corrected chi connectivity index (χ3v) is 14.0. The first-order valence-corrected chi connectivity index (χ1v) is 29.5. The number of hydrogen-bond acceptors (Lipinski definition) is 5. The Bertz CT molecular complexity index is 1050. The molecule has 1 amide bonds. The van der Waals surface area contributed by atoms with Crippen LogP contribution in [0.5, 0.6) is 0 Å². The van der Waals surface area contributed by atoms with Crippen LogP contribution >= 0.6 is 7.82 Å². The molecular weight excluding hydrogens is 816 g/mol. The van der Waals surface area contributed by atoms with Gasteiger partial charge in [0.05, 0.1) is 39.9 Å². The Morgan fingerprint density at radius 3 is 1.20 bits per heavy atom. The van der Waals surface area contributed by atoms with E-state index < -0.39 is 20.0 Å². The molecule has 0 saturated carbocycles.